The van der Waals surface area contributed by atoms with Gasteiger partial charge < -0.3 is 19.9 Å². The molecule has 0 aliphatic carbocycles. The van der Waals surface area contributed by atoms with Crippen molar-refractivity contribution >= 4 is 0 Å². The zero-order chi connectivity index (χ0) is 16.6. The number of hydrogen-bond donors (Lipinski definition) is 2. The van der Waals surface area contributed by atoms with Gasteiger partial charge >= 0.3 is 0 Å². The van der Waals surface area contributed by atoms with Crippen molar-refractivity contribution in [3.63, 3.8) is 0 Å². The molecule has 0 heterocycles. The molecule has 0 unspecified atom stereocenters. The van der Waals surface area contributed by atoms with E-state index in [1.54, 1.807) is 30.7 Å². The van der Waals surface area contributed by atoms with Gasteiger partial charge in [-0.2, -0.15) is 0 Å². The molecule has 1 rings (SSSR count). The van der Waals surface area contributed by atoms with Gasteiger partial charge in [-0.15, -0.1) is 0 Å². The molecule has 122 valence electrons. The van der Waals surface area contributed by atoms with Crippen molar-refractivity contribution in [3.05, 3.63) is 48.4 Å². The summed E-state index contributed by atoms with van der Waals surface area (Å²) in [5.41, 5.74) is 0.697. The molecule has 0 aromatic heterocycles. The summed E-state index contributed by atoms with van der Waals surface area (Å²) in [7, 11) is 0. The lowest BCUT2D eigenvalue weighted by molar-refractivity contribution is 0.163. The Kier molecular flexibility index (Phi) is 7.15. The molecule has 2 N–H and O–H groups in total. The maximum atomic E-state index is 10.4. The van der Waals surface area contributed by atoms with Gasteiger partial charge in [0.2, 0.25) is 0 Å². The Labute approximate surface area is 133 Å². The molecule has 22 heavy (non-hydrogen) atoms. The van der Waals surface area contributed by atoms with Gasteiger partial charge in [0.05, 0.1) is 18.6 Å². The van der Waals surface area contributed by atoms with E-state index in [1.807, 2.05) is 26.0 Å². The summed E-state index contributed by atoms with van der Waals surface area (Å²) in [6, 6.07) is 5.42. The third kappa shape index (κ3) is 6.78. The maximum absolute atomic E-state index is 10.4. The van der Waals surface area contributed by atoms with Crippen LogP contribution in [0.25, 0.3) is 0 Å². The largest absolute Gasteiger partial charge is 0.465 e. The fourth-order valence-corrected chi connectivity index (χ4v) is 1.74. The number of β-amino-alcohol motifs (C(OH)–C–C–N with tert-alkyl or cyclic N) is 1. The number of aliphatic hydroxyl groups is 1. The first-order valence-corrected chi connectivity index (χ1v) is 7.49. The minimum Gasteiger partial charge on any atom is -0.465 e. The fourth-order valence-electron chi connectivity index (χ4n) is 1.74. The fraction of sp³-hybridized carbons (Fsp3) is 0.444. The van der Waals surface area contributed by atoms with E-state index in [-0.39, 0.29) is 5.54 Å². The Morgan fingerprint density at radius 2 is 1.55 bits per heavy atom. The van der Waals surface area contributed by atoms with E-state index in [0.29, 0.717) is 18.0 Å². The summed E-state index contributed by atoms with van der Waals surface area (Å²) < 4.78 is 11.0. The van der Waals surface area contributed by atoms with Crippen molar-refractivity contribution in [2.75, 3.05) is 6.54 Å². The minimum absolute atomic E-state index is 0.0513. The van der Waals surface area contributed by atoms with E-state index in [2.05, 4.69) is 26.1 Å². The lowest BCUT2D eigenvalue weighted by atomic mass is 10.1. The first kappa shape index (κ1) is 18.3. The Bertz CT molecular complexity index is 483. The highest BCUT2D eigenvalue weighted by Gasteiger charge is 2.15. The molecule has 0 saturated heterocycles. The highest BCUT2D eigenvalue weighted by Crippen LogP contribution is 2.27. The molecule has 0 bridgehead atoms. The van der Waals surface area contributed by atoms with Crippen molar-refractivity contribution in [1.82, 2.24) is 5.32 Å². The number of ether oxygens (including phenoxy) is 2. The Morgan fingerprint density at radius 1 is 1.05 bits per heavy atom. The summed E-state index contributed by atoms with van der Waals surface area (Å²) in [5.74, 6) is 1.26. The van der Waals surface area contributed by atoms with Crippen molar-refractivity contribution in [2.45, 2.75) is 46.3 Å². The quantitative estimate of drug-likeness (QED) is 0.749. The molecular weight excluding hydrogens is 278 g/mol. The summed E-state index contributed by atoms with van der Waals surface area (Å²) in [5, 5.41) is 13.7. The van der Waals surface area contributed by atoms with Gasteiger partial charge in [0.1, 0.15) is 11.5 Å². The molecule has 1 aromatic carbocycles. The molecule has 1 aromatic rings. The SMILES string of the molecule is C/C=C\Oc1cc(O/C=C\C)cc([C@@H](O)CNC(C)(C)C)c1. The van der Waals surface area contributed by atoms with E-state index in [1.165, 1.54) is 0 Å². The number of hydrogen-bond acceptors (Lipinski definition) is 4. The van der Waals surface area contributed by atoms with Crippen molar-refractivity contribution < 1.29 is 14.6 Å². The molecule has 0 radical (unpaired) electrons. The molecule has 0 spiro atoms. The van der Waals surface area contributed by atoms with E-state index in [4.69, 9.17) is 9.47 Å². The summed E-state index contributed by atoms with van der Waals surface area (Å²) >= 11 is 0. The Hall–Kier alpha value is -1.78. The predicted octanol–water partition coefficient (Wildman–Crippen LogP) is 3.93. The van der Waals surface area contributed by atoms with E-state index < -0.39 is 6.10 Å². The highest BCUT2D eigenvalue weighted by atomic mass is 16.5. The van der Waals surface area contributed by atoms with Gasteiger partial charge in [0, 0.05) is 18.2 Å². The van der Waals surface area contributed by atoms with Crippen molar-refractivity contribution in [1.29, 1.82) is 0 Å². The van der Waals surface area contributed by atoms with E-state index in [0.717, 1.165) is 5.56 Å². The number of nitrogens with one attached hydrogen (secondary N) is 1. The van der Waals surface area contributed by atoms with Crippen LogP contribution in [0.3, 0.4) is 0 Å². The van der Waals surface area contributed by atoms with Crippen molar-refractivity contribution in [2.24, 2.45) is 0 Å². The van der Waals surface area contributed by atoms with Crippen LogP contribution in [0, 0.1) is 0 Å². The predicted molar refractivity (Wildman–Crippen MR) is 90.0 cm³/mol. The zero-order valence-corrected chi connectivity index (χ0v) is 14.1. The number of benzene rings is 1. The molecule has 0 fully saturated rings. The molecule has 0 amide bonds. The number of rotatable bonds is 7. The maximum Gasteiger partial charge on any atom is 0.130 e. The van der Waals surface area contributed by atoms with Gasteiger partial charge in [0.15, 0.2) is 0 Å². The second kappa shape index (κ2) is 8.61. The summed E-state index contributed by atoms with van der Waals surface area (Å²) in [6.45, 7) is 10.4. The lowest BCUT2D eigenvalue weighted by Crippen LogP contribution is -2.38. The minimum atomic E-state index is -0.638. The first-order chi connectivity index (χ1) is 10.4. The van der Waals surface area contributed by atoms with Gasteiger partial charge in [-0.1, -0.05) is 12.2 Å². The summed E-state index contributed by atoms with van der Waals surface area (Å²) in [6.07, 6.45) is 6.16. The molecular formula is C18H27NO3. The third-order valence-corrected chi connectivity index (χ3v) is 2.79. The average Bonchev–Trinajstić information content (AvgIpc) is 2.47. The molecule has 0 saturated carbocycles. The molecule has 4 nitrogen and oxygen atoms in total. The van der Waals surface area contributed by atoms with Gasteiger partial charge in [-0.05, 0) is 52.3 Å². The van der Waals surface area contributed by atoms with Crippen LogP contribution < -0.4 is 14.8 Å². The molecule has 0 aliphatic rings. The highest BCUT2D eigenvalue weighted by molar-refractivity contribution is 5.40. The third-order valence-electron chi connectivity index (χ3n) is 2.79. The van der Waals surface area contributed by atoms with Crippen LogP contribution in [0.1, 0.15) is 46.3 Å². The van der Waals surface area contributed by atoms with Crippen molar-refractivity contribution in [3.8, 4) is 11.5 Å². The number of aliphatic hydroxyl groups excluding tert-OH is 1. The zero-order valence-electron chi connectivity index (χ0n) is 14.1. The van der Waals surface area contributed by atoms with Gasteiger partial charge in [-0.25, -0.2) is 0 Å². The van der Waals surface area contributed by atoms with E-state index in [9.17, 15) is 5.11 Å². The summed E-state index contributed by atoms with van der Waals surface area (Å²) in [4.78, 5) is 0. The van der Waals surface area contributed by atoms with Crippen LogP contribution >= 0.6 is 0 Å². The number of allylic oxidation sites excluding steroid dienone is 2. The monoisotopic (exact) mass is 305 g/mol. The molecule has 0 aliphatic heterocycles. The standard InChI is InChI=1S/C18H27NO3/c1-6-8-21-15-10-14(11-16(12-15)22-9-7-2)17(20)13-19-18(3,4)5/h6-12,17,19-20H,13H2,1-5H3/b8-6-,9-7-/t17-/m0/s1. The van der Waals surface area contributed by atoms with Gasteiger partial charge in [-0.3, -0.25) is 0 Å². The topological polar surface area (TPSA) is 50.7 Å². The average molecular weight is 305 g/mol. The molecule has 1 atom stereocenters. The molecule has 4 heteroatoms. The second-order valence-electron chi connectivity index (χ2n) is 6.06. The van der Waals surface area contributed by atoms with Crippen LogP contribution in [0.2, 0.25) is 0 Å². The Balaban J connectivity index is 2.94. The normalized spacial score (nSPS) is 13.7. The van der Waals surface area contributed by atoms with Crippen LogP contribution in [-0.4, -0.2) is 17.2 Å². The Morgan fingerprint density at radius 3 is 1.95 bits per heavy atom. The van der Waals surface area contributed by atoms with Crippen LogP contribution in [-0.2, 0) is 0 Å². The second-order valence-corrected chi connectivity index (χ2v) is 6.06. The van der Waals surface area contributed by atoms with Crippen LogP contribution in [0.4, 0.5) is 0 Å². The lowest BCUT2D eigenvalue weighted by Gasteiger charge is -2.23. The first-order valence-electron chi connectivity index (χ1n) is 7.49. The van der Waals surface area contributed by atoms with Crippen LogP contribution in [0.15, 0.2) is 42.9 Å². The van der Waals surface area contributed by atoms with Gasteiger partial charge in [0.25, 0.3) is 0 Å². The smallest absolute Gasteiger partial charge is 0.130 e. The van der Waals surface area contributed by atoms with E-state index >= 15 is 0 Å². The van der Waals surface area contributed by atoms with Crippen LogP contribution in [0.5, 0.6) is 11.5 Å².